The van der Waals surface area contributed by atoms with Gasteiger partial charge in [0.05, 0.1) is 18.8 Å². The summed E-state index contributed by atoms with van der Waals surface area (Å²) in [7, 11) is 0. The Morgan fingerprint density at radius 2 is 2.39 bits per heavy atom. The Bertz CT molecular complexity index is 432. The van der Waals surface area contributed by atoms with Gasteiger partial charge in [-0.05, 0) is 13.8 Å². The zero-order valence-corrected chi connectivity index (χ0v) is 10.8. The van der Waals surface area contributed by atoms with Gasteiger partial charge < -0.3 is 15.2 Å². The molecule has 6 heteroatoms. The van der Waals surface area contributed by atoms with Gasteiger partial charge in [0.25, 0.3) is 5.91 Å². The highest BCUT2D eigenvalue weighted by Gasteiger charge is 2.20. The van der Waals surface area contributed by atoms with E-state index in [1.807, 2.05) is 19.9 Å². The van der Waals surface area contributed by atoms with Gasteiger partial charge >= 0.3 is 0 Å². The standard InChI is InChI=1S/C12H19N5O/c1-10(2)17(6-3-4-13)12(18)11-8-16(7-5-14)9-15-11/h8-10H,3,5-7,14H2,1-2H3. The van der Waals surface area contributed by atoms with Crippen LogP contribution in [0.4, 0.5) is 0 Å². The summed E-state index contributed by atoms with van der Waals surface area (Å²) in [6, 6.07) is 2.10. The molecular weight excluding hydrogens is 230 g/mol. The molecule has 1 aromatic rings. The van der Waals surface area contributed by atoms with Crippen LogP contribution in [0.15, 0.2) is 12.5 Å². The summed E-state index contributed by atoms with van der Waals surface area (Å²) in [5.41, 5.74) is 5.84. The molecule has 0 radical (unpaired) electrons. The second-order valence-corrected chi connectivity index (χ2v) is 4.29. The molecule has 1 rings (SSSR count). The van der Waals surface area contributed by atoms with E-state index in [2.05, 4.69) is 4.98 Å². The Morgan fingerprint density at radius 3 is 2.94 bits per heavy atom. The fraction of sp³-hybridized carbons (Fsp3) is 0.583. The molecule has 1 amide bonds. The first-order chi connectivity index (χ1) is 8.60. The SMILES string of the molecule is CC(C)N(CCC#N)C(=O)c1cn(CCN)cn1. The van der Waals surface area contributed by atoms with E-state index in [0.29, 0.717) is 31.7 Å². The number of carbonyl (C=O) groups excluding carboxylic acids is 1. The van der Waals surface area contributed by atoms with Crippen molar-refractivity contribution in [3.8, 4) is 6.07 Å². The van der Waals surface area contributed by atoms with Crippen molar-refractivity contribution in [3.05, 3.63) is 18.2 Å². The zero-order valence-electron chi connectivity index (χ0n) is 10.8. The lowest BCUT2D eigenvalue weighted by molar-refractivity contribution is 0.0704. The van der Waals surface area contributed by atoms with Gasteiger partial charge in [-0.1, -0.05) is 0 Å². The van der Waals surface area contributed by atoms with Crippen LogP contribution in [0.1, 0.15) is 30.8 Å². The number of hydrogen-bond acceptors (Lipinski definition) is 4. The van der Waals surface area contributed by atoms with Crippen LogP contribution in [0.25, 0.3) is 0 Å². The molecule has 0 fully saturated rings. The van der Waals surface area contributed by atoms with Gasteiger partial charge in [0, 0.05) is 31.9 Å². The van der Waals surface area contributed by atoms with Crippen molar-refractivity contribution in [2.75, 3.05) is 13.1 Å². The summed E-state index contributed by atoms with van der Waals surface area (Å²) in [5.74, 6) is -0.143. The highest BCUT2D eigenvalue weighted by Crippen LogP contribution is 2.07. The third-order valence-electron chi connectivity index (χ3n) is 2.59. The van der Waals surface area contributed by atoms with Gasteiger partial charge in [-0.3, -0.25) is 4.79 Å². The first kappa shape index (κ1) is 14.2. The number of nitriles is 1. The van der Waals surface area contributed by atoms with Crippen LogP contribution in [-0.4, -0.2) is 39.5 Å². The van der Waals surface area contributed by atoms with Crippen LogP contribution in [0, 0.1) is 11.3 Å². The van der Waals surface area contributed by atoms with E-state index < -0.39 is 0 Å². The fourth-order valence-electron chi connectivity index (χ4n) is 1.65. The molecular formula is C12H19N5O. The highest BCUT2D eigenvalue weighted by atomic mass is 16.2. The largest absolute Gasteiger partial charge is 0.335 e. The topological polar surface area (TPSA) is 87.9 Å². The Labute approximate surface area is 107 Å². The van der Waals surface area contributed by atoms with Gasteiger partial charge in [-0.2, -0.15) is 5.26 Å². The minimum absolute atomic E-state index is 0.0468. The molecule has 0 aliphatic carbocycles. The normalized spacial score (nSPS) is 10.4. The number of amides is 1. The molecule has 0 saturated carbocycles. The van der Waals surface area contributed by atoms with E-state index in [9.17, 15) is 4.79 Å². The van der Waals surface area contributed by atoms with E-state index in [1.54, 1.807) is 22.0 Å². The maximum Gasteiger partial charge on any atom is 0.274 e. The fourth-order valence-corrected chi connectivity index (χ4v) is 1.65. The lowest BCUT2D eigenvalue weighted by atomic mass is 10.2. The second kappa shape index (κ2) is 6.77. The second-order valence-electron chi connectivity index (χ2n) is 4.29. The van der Waals surface area contributed by atoms with Crippen molar-refractivity contribution < 1.29 is 4.79 Å². The van der Waals surface area contributed by atoms with E-state index in [4.69, 9.17) is 11.0 Å². The smallest absolute Gasteiger partial charge is 0.274 e. The maximum atomic E-state index is 12.2. The molecule has 0 saturated heterocycles. The lowest BCUT2D eigenvalue weighted by Gasteiger charge is -2.24. The van der Waals surface area contributed by atoms with E-state index >= 15 is 0 Å². The molecule has 0 aliphatic heterocycles. The maximum absolute atomic E-state index is 12.2. The average Bonchev–Trinajstić information content (AvgIpc) is 2.78. The molecule has 0 aromatic carbocycles. The quantitative estimate of drug-likeness (QED) is 0.800. The molecule has 0 bridgehead atoms. The van der Waals surface area contributed by atoms with E-state index in [-0.39, 0.29) is 11.9 Å². The van der Waals surface area contributed by atoms with Crippen LogP contribution < -0.4 is 5.73 Å². The number of nitrogens with zero attached hydrogens (tertiary/aromatic N) is 4. The van der Waals surface area contributed by atoms with Crippen molar-refractivity contribution in [2.45, 2.75) is 32.9 Å². The van der Waals surface area contributed by atoms with Crippen molar-refractivity contribution in [1.29, 1.82) is 5.26 Å². The van der Waals surface area contributed by atoms with Crippen molar-refractivity contribution >= 4 is 5.91 Å². The number of hydrogen-bond donors (Lipinski definition) is 1. The molecule has 1 aromatic heterocycles. The first-order valence-corrected chi connectivity index (χ1v) is 6.00. The van der Waals surface area contributed by atoms with Crippen LogP contribution >= 0.6 is 0 Å². The van der Waals surface area contributed by atoms with Crippen LogP contribution in [0.3, 0.4) is 0 Å². The summed E-state index contributed by atoms with van der Waals surface area (Å²) >= 11 is 0. The minimum atomic E-state index is -0.143. The summed E-state index contributed by atoms with van der Waals surface area (Å²) in [4.78, 5) is 17.9. The molecule has 2 N–H and O–H groups in total. The molecule has 6 nitrogen and oxygen atoms in total. The molecule has 0 unspecified atom stereocenters. The lowest BCUT2D eigenvalue weighted by Crippen LogP contribution is -2.37. The number of carbonyl (C=O) groups is 1. The van der Waals surface area contributed by atoms with Crippen molar-refractivity contribution in [3.63, 3.8) is 0 Å². The molecule has 0 aliphatic rings. The van der Waals surface area contributed by atoms with E-state index in [1.165, 1.54) is 0 Å². The Morgan fingerprint density at radius 1 is 1.67 bits per heavy atom. The van der Waals surface area contributed by atoms with Gasteiger partial charge in [0.1, 0.15) is 5.69 Å². The summed E-state index contributed by atoms with van der Waals surface area (Å²) < 4.78 is 1.79. The predicted octanol–water partition coefficient (Wildman–Crippen LogP) is 0.606. The zero-order chi connectivity index (χ0) is 13.5. The Kier molecular flexibility index (Phi) is 5.33. The monoisotopic (exact) mass is 249 g/mol. The third-order valence-corrected chi connectivity index (χ3v) is 2.59. The molecule has 18 heavy (non-hydrogen) atoms. The van der Waals surface area contributed by atoms with Gasteiger partial charge in [-0.15, -0.1) is 0 Å². The molecule has 0 spiro atoms. The average molecular weight is 249 g/mol. The van der Waals surface area contributed by atoms with Crippen LogP contribution in [0.2, 0.25) is 0 Å². The summed E-state index contributed by atoms with van der Waals surface area (Å²) in [6.07, 6.45) is 3.62. The predicted molar refractivity (Wildman–Crippen MR) is 67.7 cm³/mol. The van der Waals surface area contributed by atoms with Gasteiger partial charge in [0.15, 0.2) is 0 Å². The Balaban J connectivity index is 2.78. The number of rotatable bonds is 6. The molecule has 1 heterocycles. The first-order valence-electron chi connectivity index (χ1n) is 6.00. The number of imidazole rings is 1. The highest BCUT2D eigenvalue weighted by molar-refractivity contribution is 5.92. The molecule has 98 valence electrons. The minimum Gasteiger partial charge on any atom is -0.335 e. The number of nitrogens with two attached hydrogens (primary N) is 1. The number of aromatic nitrogens is 2. The molecule has 0 atom stereocenters. The van der Waals surface area contributed by atoms with Crippen LogP contribution in [-0.2, 0) is 6.54 Å². The third kappa shape index (κ3) is 3.57. The summed E-state index contributed by atoms with van der Waals surface area (Å²) in [6.45, 7) is 5.42. The van der Waals surface area contributed by atoms with Gasteiger partial charge in [0.2, 0.25) is 0 Å². The van der Waals surface area contributed by atoms with Gasteiger partial charge in [-0.25, -0.2) is 4.98 Å². The van der Waals surface area contributed by atoms with Crippen molar-refractivity contribution in [1.82, 2.24) is 14.5 Å². The van der Waals surface area contributed by atoms with E-state index in [0.717, 1.165) is 0 Å². The Hall–Kier alpha value is -1.87. The summed E-state index contributed by atoms with van der Waals surface area (Å²) in [5, 5.41) is 8.60. The van der Waals surface area contributed by atoms with Crippen molar-refractivity contribution in [2.24, 2.45) is 5.73 Å². The van der Waals surface area contributed by atoms with Crippen LogP contribution in [0.5, 0.6) is 0 Å².